The molecule has 9 heteroatoms. The Labute approximate surface area is 239 Å². The van der Waals surface area contributed by atoms with Crippen molar-refractivity contribution in [2.45, 2.75) is 46.1 Å². The van der Waals surface area contributed by atoms with E-state index in [0.717, 1.165) is 40.3 Å². The van der Waals surface area contributed by atoms with E-state index in [1.54, 1.807) is 37.3 Å². The Morgan fingerprint density at radius 3 is 2.27 bits per heavy atom. The lowest BCUT2D eigenvalue weighted by atomic mass is 9.78. The van der Waals surface area contributed by atoms with Gasteiger partial charge < -0.3 is 18.8 Å². The van der Waals surface area contributed by atoms with Crippen molar-refractivity contribution in [1.82, 2.24) is 13.9 Å². The van der Waals surface area contributed by atoms with Gasteiger partial charge in [0.15, 0.2) is 22.0 Å². The van der Waals surface area contributed by atoms with E-state index in [2.05, 4.69) is 23.8 Å². The summed E-state index contributed by atoms with van der Waals surface area (Å²) in [5.41, 5.74) is 3.91. The first-order valence-electron chi connectivity index (χ1n) is 13.7. The van der Waals surface area contributed by atoms with Gasteiger partial charge in [-0.25, -0.2) is 9.67 Å². The molecule has 0 bridgehead atoms. The fraction of sp³-hybridized carbons (Fsp3) is 0.419. The minimum absolute atomic E-state index is 0.134. The second-order valence-electron chi connectivity index (χ2n) is 10.5. The third kappa shape index (κ3) is 4.76. The van der Waals surface area contributed by atoms with Crippen molar-refractivity contribution in [3.63, 3.8) is 0 Å². The van der Waals surface area contributed by atoms with E-state index >= 15 is 0 Å². The average Bonchev–Trinajstić information content (AvgIpc) is 3.48. The van der Waals surface area contributed by atoms with Crippen LogP contribution in [-0.2, 0) is 7.05 Å². The molecule has 0 amide bonds. The first-order valence-corrected chi connectivity index (χ1v) is 14.6. The first kappa shape index (κ1) is 27.8. The van der Waals surface area contributed by atoms with E-state index in [-0.39, 0.29) is 11.6 Å². The van der Waals surface area contributed by atoms with Gasteiger partial charge in [0, 0.05) is 24.0 Å². The topological polar surface area (TPSA) is 71.9 Å². The highest BCUT2D eigenvalue weighted by atomic mass is 32.1. The van der Waals surface area contributed by atoms with Crippen LogP contribution < -0.4 is 24.6 Å². The highest BCUT2D eigenvalue weighted by Gasteiger charge is 2.31. The summed E-state index contributed by atoms with van der Waals surface area (Å²) in [7, 11) is 6.77. The molecule has 2 heterocycles. The van der Waals surface area contributed by atoms with Crippen LogP contribution in [0, 0.1) is 18.8 Å². The van der Waals surface area contributed by atoms with Crippen molar-refractivity contribution in [2.75, 3.05) is 21.3 Å². The number of nitrogens with zero attached hydrogens (tertiary/aromatic N) is 4. The van der Waals surface area contributed by atoms with Gasteiger partial charge >= 0.3 is 0 Å². The molecule has 1 aliphatic carbocycles. The van der Waals surface area contributed by atoms with Gasteiger partial charge in [-0.2, -0.15) is 0 Å². The van der Waals surface area contributed by atoms with Crippen LogP contribution in [0.2, 0.25) is 0 Å². The summed E-state index contributed by atoms with van der Waals surface area (Å²) in [6, 6.07) is 13.9. The molecular weight excluding hydrogens is 524 g/mol. The minimum Gasteiger partial charge on any atom is -0.493 e. The third-order valence-corrected chi connectivity index (χ3v) is 9.27. The molecule has 0 aliphatic heterocycles. The van der Waals surface area contributed by atoms with E-state index in [9.17, 15) is 4.79 Å². The molecule has 5 rings (SSSR count). The molecule has 0 radical (unpaired) electrons. The molecule has 1 saturated carbocycles. The number of methoxy groups -OCH3 is 3. The van der Waals surface area contributed by atoms with Crippen molar-refractivity contribution < 1.29 is 14.2 Å². The minimum atomic E-state index is -0.134. The largest absolute Gasteiger partial charge is 0.493 e. The molecule has 40 heavy (non-hydrogen) atoms. The maximum atomic E-state index is 13.7. The van der Waals surface area contributed by atoms with Gasteiger partial charge in [0.05, 0.1) is 38.4 Å². The van der Waals surface area contributed by atoms with Crippen LogP contribution in [0.4, 0.5) is 5.69 Å². The first-order chi connectivity index (χ1) is 19.3. The quantitative estimate of drug-likeness (QED) is 0.266. The van der Waals surface area contributed by atoms with E-state index < -0.39 is 0 Å². The Hall–Kier alpha value is -3.72. The zero-order chi connectivity index (χ0) is 28.6. The normalized spacial score (nSPS) is 19.6. The summed E-state index contributed by atoms with van der Waals surface area (Å²) < 4.78 is 22.8. The predicted molar refractivity (Wildman–Crippen MR) is 160 cm³/mol. The van der Waals surface area contributed by atoms with Crippen LogP contribution in [0.5, 0.6) is 17.2 Å². The van der Waals surface area contributed by atoms with Crippen LogP contribution >= 0.6 is 11.3 Å². The SMILES string of the molecule is COc1cc(-c2csc(=Nc3c(C)n(C)n(-c4ccccc4)c3=O)n2C2CCCC(C)C2C)cc(OC)c1OC. The van der Waals surface area contributed by atoms with Crippen molar-refractivity contribution >= 4 is 17.0 Å². The maximum Gasteiger partial charge on any atom is 0.297 e. The van der Waals surface area contributed by atoms with E-state index in [0.29, 0.717) is 34.8 Å². The van der Waals surface area contributed by atoms with Gasteiger partial charge in [-0.3, -0.25) is 9.48 Å². The third-order valence-electron chi connectivity index (χ3n) is 8.43. The number of para-hydroxylation sites is 1. The predicted octanol–water partition coefficient (Wildman–Crippen LogP) is 6.27. The lowest BCUT2D eigenvalue weighted by Crippen LogP contribution is -2.32. The molecule has 4 aromatic rings. The number of thiazole rings is 1. The number of hydrogen-bond acceptors (Lipinski definition) is 6. The number of benzene rings is 2. The molecule has 8 nitrogen and oxygen atoms in total. The second kappa shape index (κ2) is 11.4. The fourth-order valence-corrected chi connectivity index (χ4v) is 6.82. The second-order valence-corrected chi connectivity index (χ2v) is 11.4. The van der Waals surface area contributed by atoms with Crippen LogP contribution in [0.25, 0.3) is 16.9 Å². The molecule has 3 atom stereocenters. The van der Waals surface area contributed by atoms with Crippen molar-refractivity contribution in [3.05, 3.63) is 68.7 Å². The van der Waals surface area contributed by atoms with E-state index in [1.165, 1.54) is 6.42 Å². The average molecular weight is 563 g/mol. The van der Waals surface area contributed by atoms with Gasteiger partial charge in [-0.05, 0) is 49.4 Å². The molecule has 0 spiro atoms. The molecule has 3 unspecified atom stereocenters. The van der Waals surface area contributed by atoms with Crippen molar-refractivity contribution in [1.29, 1.82) is 0 Å². The number of aromatic nitrogens is 3. The number of hydrogen-bond donors (Lipinski definition) is 0. The number of ether oxygens (including phenoxy) is 3. The van der Waals surface area contributed by atoms with Crippen molar-refractivity contribution in [3.8, 4) is 34.2 Å². The fourth-order valence-electron chi connectivity index (χ4n) is 5.86. The number of rotatable bonds is 7. The summed E-state index contributed by atoms with van der Waals surface area (Å²) >= 11 is 1.55. The Balaban J connectivity index is 1.76. The molecule has 1 aliphatic rings. The highest BCUT2D eigenvalue weighted by molar-refractivity contribution is 7.07. The molecule has 1 fully saturated rings. The van der Waals surface area contributed by atoms with E-state index in [4.69, 9.17) is 19.2 Å². The van der Waals surface area contributed by atoms with Crippen molar-refractivity contribution in [2.24, 2.45) is 23.9 Å². The molecule has 0 N–H and O–H groups in total. The van der Waals surface area contributed by atoms with Crippen LogP contribution in [0.1, 0.15) is 44.8 Å². The van der Waals surface area contributed by atoms with Gasteiger partial charge in [0.2, 0.25) is 5.75 Å². The van der Waals surface area contributed by atoms with Gasteiger partial charge in [-0.15, -0.1) is 11.3 Å². The Bertz CT molecular complexity index is 1600. The smallest absolute Gasteiger partial charge is 0.297 e. The zero-order valence-electron chi connectivity index (χ0n) is 24.3. The maximum absolute atomic E-state index is 13.7. The lowest BCUT2D eigenvalue weighted by molar-refractivity contribution is 0.185. The standard InChI is InChI=1S/C31H38N4O4S/c1-19-12-11-15-24(20(19)2)34-25(22-16-26(37-5)29(39-7)27(17-22)38-6)18-40-31(34)32-28-21(3)33(4)35(30(28)36)23-13-9-8-10-14-23/h8-10,13-14,16-20,24H,11-12,15H2,1-7H3. The summed E-state index contributed by atoms with van der Waals surface area (Å²) in [5, 5.41) is 2.12. The molecule has 2 aromatic heterocycles. The van der Waals surface area contributed by atoms with Crippen LogP contribution in [-0.4, -0.2) is 35.3 Å². The zero-order valence-corrected chi connectivity index (χ0v) is 25.1. The summed E-state index contributed by atoms with van der Waals surface area (Å²) in [5.74, 6) is 2.79. The van der Waals surface area contributed by atoms with Crippen LogP contribution in [0.3, 0.4) is 0 Å². The summed E-state index contributed by atoms with van der Waals surface area (Å²) in [6.45, 7) is 6.61. The van der Waals surface area contributed by atoms with Gasteiger partial charge in [-0.1, -0.05) is 44.9 Å². The monoisotopic (exact) mass is 562 g/mol. The lowest BCUT2D eigenvalue weighted by Gasteiger charge is -2.36. The molecule has 0 saturated heterocycles. The Morgan fingerprint density at radius 1 is 0.975 bits per heavy atom. The molecule has 2 aromatic carbocycles. The van der Waals surface area contributed by atoms with Gasteiger partial charge in [0.25, 0.3) is 5.56 Å². The molecule has 212 valence electrons. The Kier molecular flexibility index (Phi) is 7.94. The van der Waals surface area contributed by atoms with E-state index in [1.807, 2.05) is 61.1 Å². The summed E-state index contributed by atoms with van der Waals surface area (Å²) in [6.07, 6.45) is 3.42. The van der Waals surface area contributed by atoms with Gasteiger partial charge in [0.1, 0.15) is 0 Å². The Morgan fingerprint density at radius 2 is 1.65 bits per heavy atom. The highest BCUT2D eigenvalue weighted by Crippen LogP contribution is 2.44. The summed E-state index contributed by atoms with van der Waals surface area (Å²) in [4.78, 5) is 19.6. The molecular formula is C31H38N4O4S. The van der Waals surface area contributed by atoms with Crippen LogP contribution in [0.15, 0.2) is 57.6 Å².